The van der Waals surface area contributed by atoms with Crippen molar-refractivity contribution in [2.75, 3.05) is 0 Å². The van der Waals surface area contributed by atoms with Crippen LogP contribution in [0.15, 0.2) is 18.2 Å². The Kier molecular flexibility index (Phi) is 4.28. The van der Waals surface area contributed by atoms with Crippen molar-refractivity contribution in [3.05, 3.63) is 23.2 Å². The Morgan fingerprint density at radius 2 is 1.60 bits per heavy atom. The molecule has 3 heteroatoms. The molecule has 0 aliphatic rings. The molecule has 1 aromatic rings. The monoisotopic (exact) mass is 228 g/mol. The van der Waals surface area contributed by atoms with Crippen LogP contribution in [0.4, 0.5) is 0 Å². The molecule has 0 amide bonds. The fourth-order valence-corrected chi connectivity index (χ4v) is 1.34. The lowest BCUT2D eigenvalue weighted by Crippen LogP contribution is -2.08. The van der Waals surface area contributed by atoms with Crippen LogP contribution in [-0.4, -0.2) is 12.2 Å². The van der Waals surface area contributed by atoms with Crippen LogP contribution in [0.3, 0.4) is 0 Å². The molecule has 0 aromatic heterocycles. The van der Waals surface area contributed by atoms with E-state index in [1.807, 2.05) is 39.8 Å². The van der Waals surface area contributed by atoms with E-state index in [0.29, 0.717) is 10.8 Å². The van der Waals surface area contributed by atoms with E-state index in [-0.39, 0.29) is 12.2 Å². The molecule has 0 aliphatic heterocycles. The van der Waals surface area contributed by atoms with Crippen molar-refractivity contribution in [3.8, 4) is 11.5 Å². The van der Waals surface area contributed by atoms with Crippen LogP contribution < -0.4 is 9.47 Å². The fraction of sp³-hybridized carbons (Fsp3) is 0.500. The molecule has 0 aliphatic carbocycles. The summed E-state index contributed by atoms with van der Waals surface area (Å²) in [4.78, 5) is 0. The summed E-state index contributed by atoms with van der Waals surface area (Å²) in [6, 6.07) is 5.45. The summed E-state index contributed by atoms with van der Waals surface area (Å²) in [5.74, 6) is 1.45. The average Bonchev–Trinajstić information content (AvgIpc) is 2.09. The van der Waals surface area contributed by atoms with E-state index in [1.165, 1.54) is 0 Å². The highest BCUT2D eigenvalue weighted by Crippen LogP contribution is 2.30. The van der Waals surface area contributed by atoms with E-state index >= 15 is 0 Å². The zero-order valence-electron chi connectivity index (χ0n) is 9.58. The van der Waals surface area contributed by atoms with Gasteiger partial charge in [-0.05, 0) is 39.8 Å². The Hall–Kier alpha value is -0.890. The van der Waals surface area contributed by atoms with Gasteiger partial charge in [-0.25, -0.2) is 0 Å². The van der Waals surface area contributed by atoms with Crippen molar-refractivity contribution >= 4 is 11.6 Å². The summed E-state index contributed by atoms with van der Waals surface area (Å²) in [5.41, 5.74) is 0. The summed E-state index contributed by atoms with van der Waals surface area (Å²) in [5, 5.41) is 0.611. The van der Waals surface area contributed by atoms with Gasteiger partial charge >= 0.3 is 0 Å². The maximum atomic E-state index is 6.00. The number of benzene rings is 1. The fourth-order valence-electron chi connectivity index (χ4n) is 1.17. The Bertz CT molecular complexity index is 321. The van der Waals surface area contributed by atoms with Crippen molar-refractivity contribution in [1.82, 2.24) is 0 Å². The number of hydrogen-bond acceptors (Lipinski definition) is 2. The minimum absolute atomic E-state index is 0.108. The van der Waals surface area contributed by atoms with Crippen LogP contribution in [-0.2, 0) is 0 Å². The largest absolute Gasteiger partial charge is 0.491 e. The number of ether oxygens (including phenoxy) is 2. The molecular weight excluding hydrogens is 212 g/mol. The van der Waals surface area contributed by atoms with Crippen LogP contribution in [0.25, 0.3) is 0 Å². The van der Waals surface area contributed by atoms with E-state index in [1.54, 1.807) is 6.07 Å². The van der Waals surface area contributed by atoms with Crippen molar-refractivity contribution in [2.24, 2.45) is 0 Å². The summed E-state index contributed by atoms with van der Waals surface area (Å²) < 4.78 is 11.1. The molecule has 84 valence electrons. The molecule has 0 fully saturated rings. The second kappa shape index (κ2) is 5.26. The molecule has 1 rings (SSSR count). The maximum absolute atomic E-state index is 6.00. The predicted molar refractivity (Wildman–Crippen MR) is 63.0 cm³/mol. The molecule has 1 aromatic carbocycles. The highest BCUT2D eigenvalue weighted by Gasteiger charge is 2.06. The van der Waals surface area contributed by atoms with Crippen LogP contribution >= 0.6 is 11.6 Å². The molecule has 0 bridgehead atoms. The first-order valence-electron chi connectivity index (χ1n) is 5.12. The standard InChI is InChI=1S/C12H17ClO2/c1-8(2)14-10-5-6-11(13)12(7-10)15-9(3)4/h5-9H,1-4H3. The van der Waals surface area contributed by atoms with Gasteiger partial charge in [0.1, 0.15) is 11.5 Å². The third-order valence-corrected chi connectivity index (χ3v) is 1.95. The predicted octanol–water partition coefficient (Wildman–Crippen LogP) is 3.91. The zero-order chi connectivity index (χ0) is 11.4. The van der Waals surface area contributed by atoms with E-state index in [9.17, 15) is 0 Å². The summed E-state index contributed by atoms with van der Waals surface area (Å²) in [7, 11) is 0. The van der Waals surface area contributed by atoms with Gasteiger partial charge in [0.15, 0.2) is 0 Å². The molecule has 0 heterocycles. The van der Waals surface area contributed by atoms with E-state index in [0.717, 1.165) is 5.75 Å². The number of rotatable bonds is 4. The first-order valence-corrected chi connectivity index (χ1v) is 5.49. The second-order valence-corrected chi connectivity index (χ2v) is 4.33. The van der Waals surface area contributed by atoms with Crippen LogP contribution in [0, 0.1) is 0 Å². The first-order chi connectivity index (χ1) is 6.99. The Labute approximate surface area is 96.2 Å². The molecule has 0 atom stereocenters. The van der Waals surface area contributed by atoms with Crippen molar-refractivity contribution in [3.63, 3.8) is 0 Å². The molecule has 0 unspecified atom stereocenters. The molecule has 0 N–H and O–H groups in total. The maximum Gasteiger partial charge on any atom is 0.141 e. The summed E-state index contributed by atoms with van der Waals surface area (Å²) in [6.45, 7) is 7.90. The van der Waals surface area contributed by atoms with Crippen LogP contribution in [0.5, 0.6) is 11.5 Å². The average molecular weight is 229 g/mol. The van der Waals surface area contributed by atoms with Crippen LogP contribution in [0.1, 0.15) is 27.7 Å². The van der Waals surface area contributed by atoms with Gasteiger partial charge in [0, 0.05) is 6.07 Å². The first kappa shape index (κ1) is 12.2. The third-order valence-electron chi connectivity index (χ3n) is 1.64. The molecule has 0 saturated heterocycles. The topological polar surface area (TPSA) is 18.5 Å². The van der Waals surface area contributed by atoms with Gasteiger partial charge in [0.2, 0.25) is 0 Å². The highest BCUT2D eigenvalue weighted by atomic mass is 35.5. The van der Waals surface area contributed by atoms with Crippen molar-refractivity contribution in [2.45, 2.75) is 39.9 Å². The Morgan fingerprint density at radius 1 is 1.00 bits per heavy atom. The lowest BCUT2D eigenvalue weighted by molar-refractivity contribution is 0.229. The summed E-state index contributed by atoms with van der Waals surface area (Å²) in [6.07, 6.45) is 0.259. The van der Waals surface area contributed by atoms with E-state index in [4.69, 9.17) is 21.1 Å². The minimum atomic E-state index is 0.108. The van der Waals surface area contributed by atoms with Gasteiger partial charge in [-0.1, -0.05) is 11.6 Å². The SMILES string of the molecule is CC(C)Oc1ccc(Cl)c(OC(C)C)c1. The lowest BCUT2D eigenvalue weighted by atomic mass is 10.3. The highest BCUT2D eigenvalue weighted by molar-refractivity contribution is 6.32. The Morgan fingerprint density at radius 3 is 2.13 bits per heavy atom. The smallest absolute Gasteiger partial charge is 0.141 e. The van der Waals surface area contributed by atoms with Crippen LogP contribution in [0.2, 0.25) is 5.02 Å². The Balaban J connectivity index is 2.85. The summed E-state index contributed by atoms with van der Waals surface area (Å²) >= 11 is 6.00. The van der Waals surface area contributed by atoms with E-state index in [2.05, 4.69) is 0 Å². The van der Waals surface area contributed by atoms with Gasteiger partial charge < -0.3 is 9.47 Å². The molecule has 0 spiro atoms. The normalized spacial score (nSPS) is 10.9. The molecule has 0 saturated carbocycles. The van der Waals surface area contributed by atoms with Gasteiger partial charge in [-0.15, -0.1) is 0 Å². The van der Waals surface area contributed by atoms with Gasteiger partial charge in [-0.3, -0.25) is 0 Å². The van der Waals surface area contributed by atoms with Gasteiger partial charge in [-0.2, -0.15) is 0 Å². The zero-order valence-corrected chi connectivity index (χ0v) is 10.3. The van der Waals surface area contributed by atoms with Gasteiger partial charge in [0.25, 0.3) is 0 Å². The second-order valence-electron chi connectivity index (χ2n) is 3.93. The minimum Gasteiger partial charge on any atom is -0.491 e. The molecule has 15 heavy (non-hydrogen) atoms. The number of hydrogen-bond donors (Lipinski definition) is 0. The lowest BCUT2D eigenvalue weighted by Gasteiger charge is -2.14. The van der Waals surface area contributed by atoms with Crippen molar-refractivity contribution < 1.29 is 9.47 Å². The molecule has 2 nitrogen and oxygen atoms in total. The molecule has 0 radical (unpaired) electrons. The third kappa shape index (κ3) is 4.00. The van der Waals surface area contributed by atoms with E-state index < -0.39 is 0 Å². The van der Waals surface area contributed by atoms with Gasteiger partial charge in [0.05, 0.1) is 17.2 Å². The number of halogens is 1. The molecular formula is C12H17ClO2. The van der Waals surface area contributed by atoms with Crippen molar-refractivity contribution in [1.29, 1.82) is 0 Å². The quantitative estimate of drug-likeness (QED) is 0.778.